The van der Waals surface area contributed by atoms with Gasteiger partial charge in [0.15, 0.2) is 0 Å². The lowest BCUT2D eigenvalue weighted by molar-refractivity contribution is -0.175. The molecule has 1 atom stereocenters. The molecule has 0 bridgehead atoms. The standard InChI is InChI=1S/C14H15F3O/c1-13(2,3)12(14(15,16)17)11-8-9-6-4-5-7-10(9)18-11/h4-8,12H,1-3H3. The summed E-state index contributed by atoms with van der Waals surface area (Å²) in [5.74, 6) is -1.62. The Morgan fingerprint density at radius 3 is 2.17 bits per heavy atom. The number of alkyl halides is 3. The van der Waals surface area contributed by atoms with Crippen molar-refractivity contribution >= 4 is 11.0 Å². The maximum absolute atomic E-state index is 13.2. The van der Waals surface area contributed by atoms with Crippen LogP contribution in [0.2, 0.25) is 0 Å². The van der Waals surface area contributed by atoms with E-state index in [4.69, 9.17) is 4.42 Å². The van der Waals surface area contributed by atoms with Gasteiger partial charge in [-0.25, -0.2) is 0 Å². The maximum Gasteiger partial charge on any atom is 0.399 e. The molecule has 2 rings (SSSR count). The van der Waals surface area contributed by atoms with Crippen molar-refractivity contribution in [3.05, 3.63) is 36.1 Å². The smallest absolute Gasteiger partial charge is 0.399 e. The van der Waals surface area contributed by atoms with Crippen molar-refractivity contribution in [3.63, 3.8) is 0 Å². The van der Waals surface area contributed by atoms with Gasteiger partial charge >= 0.3 is 6.18 Å². The Kier molecular flexibility index (Phi) is 2.92. The maximum atomic E-state index is 13.2. The van der Waals surface area contributed by atoms with Crippen LogP contribution in [0.5, 0.6) is 0 Å². The lowest BCUT2D eigenvalue weighted by atomic mass is 9.78. The molecule has 0 amide bonds. The number of benzene rings is 1. The van der Waals surface area contributed by atoms with Crippen molar-refractivity contribution < 1.29 is 17.6 Å². The Hall–Kier alpha value is -1.45. The molecule has 2 aromatic rings. The van der Waals surface area contributed by atoms with Gasteiger partial charge in [0.05, 0.1) is 0 Å². The molecule has 0 aliphatic rings. The zero-order valence-electron chi connectivity index (χ0n) is 10.5. The average Bonchev–Trinajstić information content (AvgIpc) is 2.54. The number of halogens is 3. The molecule has 0 spiro atoms. The van der Waals surface area contributed by atoms with E-state index in [-0.39, 0.29) is 5.76 Å². The quantitative estimate of drug-likeness (QED) is 0.689. The summed E-state index contributed by atoms with van der Waals surface area (Å²) in [4.78, 5) is 0. The summed E-state index contributed by atoms with van der Waals surface area (Å²) in [6.07, 6.45) is -4.31. The van der Waals surface area contributed by atoms with Crippen LogP contribution in [0.3, 0.4) is 0 Å². The fourth-order valence-electron chi connectivity index (χ4n) is 2.22. The largest absolute Gasteiger partial charge is 0.460 e. The van der Waals surface area contributed by atoms with Gasteiger partial charge in [-0.2, -0.15) is 13.2 Å². The van der Waals surface area contributed by atoms with Gasteiger partial charge in [0, 0.05) is 5.39 Å². The molecule has 0 aliphatic carbocycles. The Balaban J connectivity index is 2.55. The van der Waals surface area contributed by atoms with Gasteiger partial charge in [-0.1, -0.05) is 39.0 Å². The fourth-order valence-corrected chi connectivity index (χ4v) is 2.22. The van der Waals surface area contributed by atoms with Crippen LogP contribution in [0.1, 0.15) is 32.4 Å². The SMILES string of the molecule is CC(C)(C)C(c1cc2ccccc2o1)C(F)(F)F. The summed E-state index contributed by atoms with van der Waals surface area (Å²) >= 11 is 0. The zero-order chi connectivity index (χ0) is 13.6. The number of hydrogen-bond acceptors (Lipinski definition) is 1. The Morgan fingerprint density at radius 2 is 1.67 bits per heavy atom. The first kappa shape index (κ1) is 13.0. The molecule has 0 aliphatic heterocycles. The third-order valence-electron chi connectivity index (χ3n) is 2.92. The summed E-state index contributed by atoms with van der Waals surface area (Å²) in [6.45, 7) is 4.70. The predicted molar refractivity (Wildman–Crippen MR) is 64.5 cm³/mol. The average molecular weight is 256 g/mol. The molecule has 4 heteroatoms. The minimum atomic E-state index is -4.31. The second-order valence-electron chi connectivity index (χ2n) is 5.53. The highest BCUT2D eigenvalue weighted by molar-refractivity contribution is 5.77. The van der Waals surface area contributed by atoms with Crippen molar-refractivity contribution in [2.75, 3.05) is 0 Å². The first-order chi connectivity index (χ1) is 8.19. The van der Waals surface area contributed by atoms with E-state index in [9.17, 15) is 13.2 Å². The van der Waals surface area contributed by atoms with Gasteiger partial charge < -0.3 is 4.42 Å². The molecule has 1 heterocycles. The number of furan rings is 1. The van der Waals surface area contributed by atoms with Crippen LogP contribution < -0.4 is 0 Å². The van der Waals surface area contributed by atoms with Crippen LogP contribution in [0.25, 0.3) is 11.0 Å². The number of rotatable bonds is 1. The van der Waals surface area contributed by atoms with Crippen molar-refractivity contribution in [2.24, 2.45) is 5.41 Å². The highest BCUT2D eigenvalue weighted by atomic mass is 19.4. The van der Waals surface area contributed by atoms with Gasteiger partial charge in [0.25, 0.3) is 0 Å². The molecule has 0 saturated heterocycles. The summed E-state index contributed by atoms with van der Waals surface area (Å²) in [5.41, 5.74) is -0.447. The van der Waals surface area contributed by atoms with E-state index >= 15 is 0 Å². The second-order valence-corrected chi connectivity index (χ2v) is 5.53. The molecule has 1 unspecified atom stereocenters. The molecule has 0 N–H and O–H groups in total. The normalized spacial score (nSPS) is 15.0. The first-order valence-corrected chi connectivity index (χ1v) is 5.75. The molecule has 18 heavy (non-hydrogen) atoms. The molecule has 98 valence electrons. The Morgan fingerprint density at radius 1 is 1.06 bits per heavy atom. The molecule has 0 fully saturated rings. The van der Waals surface area contributed by atoms with Crippen molar-refractivity contribution in [3.8, 4) is 0 Å². The van der Waals surface area contributed by atoms with Crippen molar-refractivity contribution in [1.82, 2.24) is 0 Å². The highest BCUT2D eigenvalue weighted by Gasteiger charge is 2.49. The van der Waals surface area contributed by atoms with Crippen LogP contribution in [0.4, 0.5) is 13.2 Å². The van der Waals surface area contributed by atoms with Crippen LogP contribution in [-0.2, 0) is 0 Å². The second kappa shape index (κ2) is 4.04. The van der Waals surface area contributed by atoms with Gasteiger partial charge in [0.1, 0.15) is 17.3 Å². The Labute approximate surface area is 104 Å². The van der Waals surface area contributed by atoms with E-state index in [0.717, 1.165) is 0 Å². The van der Waals surface area contributed by atoms with E-state index in [1.807, 2.05) is 0 Å². The lowest BCUT2D eigenvalue weighted by Gasteiger charge is -2.30. The van der Waals surface area contributed by atoms with Gasteiger partial charge in [-0.15, -0.1) is 0 Å². The monoisotopic (exact) mass is 256 g/mol. The molecule has 1 aromatic carbocycles. The van der Waals surface area contributed by atoms with Crippen LogP contribution in [-0.4, -0.2) is 6.18 Å². The number of para-hydroxylation sites is 1. The van der Waals surface area contributed by atoms with E-state index < -0.39 is 17.5 Å². The molecular formula is C14H15F3O. The summed E-state index contributed by atoms with van der Waals surface area (Å²) < 4.78 is 44.9. The van der Waals surface area contributed by atoms with E-state index in [2.05, 4.69) is 0 Å². The van der Waals surface area contributed by atoms with Crippen LogP contribution >= 0.6 is 0 Å². The van der Waals surface area contributed by atoms with Gasteiger partial charge in [-0.05, 0) is 17.5 Å². The van der Waals surface area contributed by atoms with E-state index in [0.29, 0.717) is 11.0 Å². The van der Waals surface area contributed by atoms with Crippen molar-refractivity contribution in [1.29, 1.82) is 0 Å². The molecule has 1 aromatic heterocycles. The van der Waals surface area contributed by atoms with E-state index in [1.54, 1.807) is 45.0 Å². The van der Waals surface area contributed by atoms with Crippen molar-refractivity contribution in [2.45, 2.75) is 32.9 Å². The van der Waals surface area contributed by atoms with Crippen LogP contribution in [0, 0.1) is 5.41 Å². The fraction of sp³-hybridized carbons (Fsp3) is 0.429. The third-order valence-corrected chi connectivity index (χ3v) is 2.92. The van der Waals surface area contributed by atoms with Gasteiger partial charge in [-0.3, -0.25) is 0 Å². The third kappa shape index (κ3) is 2.37. The summed E-state index contributed by atoms with van der Waals surface area (Å²) in [5, 5.41) is 0.700. The Bertz CT molecular complexity index is 499. The number of hydrogen-bond donors (Lipinski definition) is 0. The zero-order valence-corrected chi connectivity index (χ0v) is 10.5. The first-order valence-electron chi connectivity index (χ1n) is 5.75. The minimum Gasteiger partial charge on any atom is -0.460 e. The molecule has 0 saturated carbocycles. The topological polar surface area (TPSA) is 13.1 Å². The molecular weight excluding hydrogens is 241 g/mol. The van der Waals surface area contributed by atoms with E-state index in [1.165, 1.54) is 6.07 Å². The highest BCUT2D eigenvalue weighted by Crippen LogP contribution is 2.47. The summed E-state index contributed by atoms with van der Waals surface area (Å²) in [7, 11) is 0. The van der Waals surface area contributed by atoms with Gasteiger partial charge in [0.2, 0.25) is 0 Å². The molecule has 0 radical (unpaired) electrons. The lowest BCUT2D eigenvalue weighted by Crippen LogP contribution is -2.31. The molecule has 1 nitrogen and oxygen atoms in total. The number of fused-ring (bicyclic) bond motifs is 1. The predicted octanol–water partition coefficient (Wildman–Crippen LogP) is 5.12. The summed E-state index contributed by atoms with van der Waals surface area (Å²) in [6, 6.07) is 8.43. The van der Waals surface area contributed by atoms with Crippen LogP contribution in [0.15, 0.2) is 34.7 Å². The minimum absolute atomic E-state index is 0.0174.